The number of nitrogens with zero attached hydrogens (tertiary/aromatic N) is 1. The molecule has 0 radical (unpaired) electrons. The molecule has 4 heteroatoms. The van der Waals surface area contributed by atoms with Gasteiger partial charge in [0.05, 0.1) is 11.3 Å². The molecular weight excluding hydrogens is 200 g/mol. The zero-order chi connectivity index (χ0) is 10.6. The average molecular weight is 215 g/mol. The van der Waals surface area contributed by atoms with Gasteiger partial charge in [-0.05, 0) is 24.4 Å². The normalized spacial score (nSPS) is 19.8. The van der Waals surface area contributed by atoms with Crippen molar-refractivity contribution in [1.82, 2.24) is 5.16 Å². The highest BCUT2D eigenvalue weighted by atomic mass is 35.5. The molecule has 1 fully saturated rings. The molecule has 1 aliphatic carbocycles. The lowest BCUT2D eigenvalue weighted by molar-refractivity contribution is 0.394. The van der Waals surface area contributed by atoms with Crippen LogP contribution in [0.15, 0.2) is 4.52 Å². The summed E-state index contributed by atoms with van der Waals surface area (Å²) in [4.78, 5) is 0. The Labute approximate surface area is 88.6 Å². The van der Waals surface area contributed by atoms with Gasteiger partial charge in [0, 0.05) is 11.0 Å². The van der Waals surface area contributed by atoms with Gasteiger partial charge < -0.3 is 10.3 Å². The van der Waals surface area contributed by atoms with Crippen molar-refractivity contribution in [2.75, 3.05) is 0 Å². The van der Waals surface area contributed by atoms with Crippen LogP contribution >= 0.6 is 11.6 Å². The Bertz CT molecular complexity index is 361. The van der Waals surface area contributed by atoms with Crippen LogP contribution in [0.2, 0.25) is 5.22 Å². The smallest absolute Gasteiger partial charge is 0.231 e. The monoisotopic (exact) mass is 214 g/mol. The molecule has 3 nitrogen and oxygen atoms in total. The molecule has 0 aliphatic heterocycles. The quantitative estimate of drug-likeness (QED) is 0.782. The number of hydrogen-bond acceptors (Lipinski definition) is 3. The lowest BCUT2D eigenvalue weighted by Crippen LogP contribution is -2.24. The Kier molecular flexibility index (Phi) is 1.95. The number of aromatic nitrogens is 1. The molecule has 0 bridgehead atoms. The molecule has 1 aromatic rings. The Morgan fingerprint density at radius 3 is 2.43 bits per heavy atom. The van der Waals surface area contributed by atoms with Crippen LogP contribution < -0.4 is 5.73 Å². The van der Waals surface area contributed by atoms with E-state index in [2.05, 4.69) is 25.9 Å². The van der Waals surface area contributed by atoms with Gasteiger partial charge in [-0.25, -0.2) is 0 Å². The van der Waals surface area contributed by atoms with Gasteiger partial charge in [-0.2, -0.15) is 0 Å². The van der Waals surface area contributed by atoms with Crippen molar-refractivity contribution in [1.29, 1.82) is 0 Å². The van der Waals surface area contributed by atoms with Crippen molar-refractivity contribution in [3.05, 3.63) is 16.5 Å². The molecule has 0 amide bonds. The van der Waals surface area contributed by atoms with E-state index in [0.717, 1.165) is 24.1 Å². The topological polar surface area (TPSA) is 52.0 Å². The Morgan fingerprint density at radius 2 is 2.00 bits per heavy atom. The summed E-state index contributed by atoms with van der Waals surface area (Å²) in [6, 6.07) is 0. The SMILES string of the molecule is CC(C)(C)c1noc(Cl)c1C1(N)CC1. The maximum Gasteiger partial charge on any atom is 0.231 e. The van der Waals surface area contributed by atoms with Crippen molar-refractivity contribution < 1.29 is 4.52 Å². The molecule has 0 unspecified atom stereocenters. The summed E-state index contributed by atoms with van der Waals surface area (Å²) in [5.41, 5.74) is 7.58. The molecule has 2 rings (SSSR count). The van der Waals surface area contributed by atoms with Crippen LogP contribution in [-0.2, 0) is 11.0 Å². The lowest BCUT2D eigenvalue weighted by atomic mass is 9.87. The minimum Gasteiger partial charge on any atom is -0.344 e. The fourth-order valence-electron chi connectivity index (χ4n) is 1.60. The molecular formula is C10H15ClN2O. The molecule has 2 N–H and O–H groups in total. The van der Waals surface area contributed by atoms with Crippen molar-refractivity contribution in [2.45, 2.75) is 44.6 Å². The van der Waals surface area contributed by atoms with E-state index < -0.39 is 0 Å². The molecule has 1 aliphatic rings. The third kappa shape index (κ3) is 1.44. The van der Waals surface area contributed by atoms with Crippen LogP contribution in [0.5, 0.6) is 0 Å². The summed E-state index contributed by atoms with van der Waals surface area (Å²) in [7, 11) is 0. The largest absolute Gasteiger partial charge is 0.344 e. The van der Waals surface area contributed by atoms with Gasteiger partial charge in [0.25, 0.3) is 0 Å². The van der Waals surface area contributed by atoms with Gasteiger partial charge in [-0.3, -0.25) is 0 Å². The number of hydrogen-bond donors (Lipinski definition) is 1. The highest BCUT2D eigenvalue weighted by Gasteiger charge is 2.47. The summed E-state index contributed by atoms with van der Waals surface area (Å²) in [6.07, 6.45) is 1.94. The first-order valence-corrected chi connectivity index (χ1v) is 5.17. The Hall–Kier alpha value is -0.540. The predicted molar refractivity (Wildman–Crippen MR) is 55.3 cm³/mol. The van der Waals surface area contributed by atoms with Gasteiger partial charge in [0.15, 0.2) is 0 Å². The first-order valence-electron chi connectivity index (χ1n) is 4.80. The third-order valence-corrected chi connectivity index (χ3v) is 2.91. The van der Waals surface area contributed by atoms with Crippen LogP contribution in [0.3, 0.4) is 0 Å². The molecule has 78 valence electrons. The zero-order valence-electron chi connectivity index (χ0n) is 8.72. The number of halogens is 1. The van der Waals surface area contributed by atoms with E-state index >= 15 is 0 Å². The van der Waals surface area contributed by atoms with Gasteiger partial charge in [-0.15, -0.1) is 0 Å². The van der Waals surface area contributed by atoms with Gasteiger partial charge in [-0.1, -0.05) is 25.9 Å². The number of nitrogens with two attached hydrogens (primary N) is 1. The van der Waals surface area contributed by atoms with Crippen molar-refractivity contribution >= 4 is 11.6 Å². The Morgan fingerprint density at radius 1 is 1.43 bits per heavy atom. The molecule has 0 saturated heterocycles. The second-order valence-electron chi connectivity index (χ2n) is 5.09. The minimum atomic E-state index is -0.278. The van der Waals surface area contributed by atoms with Gasteiger partial charge in [0.1, 0.15) is 0 Å². The van der Waals surface area contributed by atoms with E-state index in [1.54, 1.807) is 0 Å². The summed E-state index contributed by atoms with van der Waals surface area (Å²) >= 11 is 5.97. The molecule has 1 aromatic heterocycles. The van der Waals surface area contributed by atoms with Crippen LogP contribution in [0.1, 0.15) is 44.9 Å². The summed E-state index contributed by atoms with van der Waals surface area (Å²) in [5.74, 6) is 0. The van der Waals surface area contributed by atoms with E-state index in [9.17, 15) is 0 Å². The van der Waals surface area contributed by atoms with Crippen molar-refractivity contribution in [2.24, 2.45) is 5.73 Å². The first kappa shape index (κ1) is 9.99. The van der Waals surface area contributed by atoms with Gasteiger partial charge in [0.2, 0.25) is 5.22 Å². The van der Waals surface area contributed by atoms with Crippen molar-refractivity contribution in [3.63, 3.8) is 0 Å². The second-order valence-corrected chi connectivity index (χ2v) is 5.43. The van der Waals surface area contributed by atoms with E-state index in [-0.39, 0.29) is 11.0 Å². The third-order valence-electron chi connectivity index (χ3n) is 2.65. The van der Waals surface area contributed by atoms with E-state index in [1.807, 2.05) is 0 Å². The van der Waals surface area contributed by atoms with E-state index in [0.29, 0.717) is 5.22 Å². The van der Waals surface area contributed by atoms with Crippen LogP contribution in [-0.4, -0.2) is 5.16 Å². The molecule has 0 atom stereocenters. The second kappa shape index (κ2) is 2.74. The van der Waals surface area contributed by atoms with Crippen molar-refractivity contribution in [3.8, 4) is 0 Å². The maximum absolute atomic E-state index is 6.13. The highest BCUT2D eigenvalue weighted by Crippen LogP contribution is 2.49. The van der Waals surface area contributed by atoms with Crippen LogP contribution in [0.25, 0.3) is 0 Å². The standard InChI is InChI=1S/C10H15ClN2O/c1-9(2,3)7-6(8(11)14-13-7)10(12)4-5-10/h4-5,12H2,1-3H3. The average Bonchev–Trinajstić information content (AvgIpc) is 2.60. The maximum atomic E-state index is 6.13. The highest BCUT2D eigenvalue weighted by molar-refractivity contribution is 6.29. The van der Waals surface area contributed by atoms with E-state index in [1.165, 1.54) is 0 Å². The predicted octanol–water partition coefficient (Wildman–Crippen LogP) is 2.57. The minimum absolute atomic E-state index is 0.0685. The zero-order valence-corrected chi connectivity index (χ0v) is 9.48. The number of rotatable bonds is 1. The Balaban J connectivity index is 2.52. The van der Waals surface area contributed by atoms with Crippen LogP contribution in [0.4, 0.5) is 0 Å². The molecule has 1 heterocycles. The van der Waals surface area contributed by atoms with E-state index in [4.69, 9.17) is 21.9 Å². The molecule has 14 heavy (non-hydrogen) atoms. The summed E-state index contributed by atoms with van der Waals surface area (Å²) < 4.78 is 5.02. The molecule has 0 aromatic carbocycles. The lowest BCUT2D eigenvalue weighted by Gasteiger charge is -2.19. The fourth-order valence-corrected chi connectivity index (χ4v) is 1.91. The molecule has 1 saturated carbocycles. The van der Waals surface area contributed by atoms with Gasteiger partial charge >= 0.3 is 0 Å². The molecule has 0 spiro atoms. The van der Waals surface area contributed by atoms with Crippen LogP contribution in [0, 0.1) is 0 Å². The summed E-state index contributed by atoms with van der Waals surface area (Å²) in [5, 5.41) is 4.36. The first-order chi connectivity index (χ1) is 6.34. The summed E-state index contributed by atoms with van der Waals surface area (Å²) in [6.45, 7) is 6.24. The fraction of sp³-hybridized carbons (Fsp3) is 0.700.